The van der Waals surface area contributed by atoms with Gasteiger partial charge in [-0.3, -0.25) is 4.84 Å². The molecule has 0 spiro atoms. The summed E-state index contributed by atoms with van der Waals surface area (Å²) in [6, 6.07) is 0. The number of aliphatic hydroxyl groups excluding tert-OH is 3. The van der Waals surface area contributed by atoms with Gasteiger partial charge in [-0.05, 0) is 0 Å². The Labute approximate surface area is 69.5 Å². The minimum absolute atomic E-state index is 0.105. The van der Waals surface area contributed by atoms with Crippen LogP contribution in [0.2, 0.25) is 0 Å². The van der Waals surface area contributed by atoms with E-state index in [1.165, 1.54) is 0 Å². The van der Waals surface area contributed by atoms with Crippen molar-refractivity contribution in [1.29, 1.82) is 0 Å². The maximum atomic E-state index is 9.22. The van der Waals surface area contributed by atoms with Gasteiger partial charge in [-0.2, -0.15) is 0 Å². The molecule has 0 radical (unpaired) electrons. The van der Waals surface area contributed by atoms with Crippen LogP contribution in [0.5, 0.6) is 0 Å². The molecule has 0 saturated carbocycles. The van der Waals surface area contributed by atoms with Gasteiger partial charge >= 0.3 is 0 Å². The molecule has 0 bridgehead atoms. The molecule has 1 rings (SSSR count). The van der Waals surface area contributed by atoms with Gasteiger partial charge in [0.15, 0.2) is 6.29 Å². The lowest BCUT2D eigenvalue weighted by atomic mass is 10.0. The summed E-state index contributed by atoms with van der Waals surface area (Å²) in [5, 5.41) is 27.1. The SMILES string of the molecule is NO[C@H]1C[C@@H](O)[C@H](O)[C@@H](CO)O1. The number of nitrogens with two attached hydrogens (primary N) is 1. The minimum Gasteiger partial charge on any atom is -0.394 e. The van der Waals surface area contributed by atoms with E-state index in [1.807, 2.05) is 0 Å². The van der Waals surface area contributed by atoms with Crippen molar-refractivity contribution >= 4 is 0 Å². The van der Waals surface area contributed by atoms with E-state index in [2.05, 4.69) is 4.84 Å². The molecule has 5 N–H and O–H groups in total. The molecular weight excluding hydrogens is 166 g/mol. The van der Waals surface area contributed by atoms with Crippen LogP contribution < -0.4 is 5.90 Å². The van der Waals surface area contributed by atoms with Crippen molar-refractivity contribution in [1.82, 2.24) is 0 Å². The molecule has 6 nitrogen and oxygen atoms in total. The van der Waals surface area contributed by atoms with Crippen molar-refractivity contribution in [3.63, 3.8) is 0 Å². The topological polar surface area (TPSA) is 105 Å². The number of ether oxygens (including phenoxy) is 1. The van der Waals surface area contributed by atoms with Gasteiger partial charge in [0.05, 0.1) is 12.7 Å². The summed E-state index contributed by atoms with van der Waals surface area (Å²) in [7, 11) is 0. The van der Waals surface area contributed by atoms with E-state index in [0.717, 1.165) is 0 Å². The van der Waals surface area contributed by atoms with Crippen molar-refractivity contribution in [3.8, 4) is 0 Å². The Morgan fingerprint density at radius 3 is 2.67 bits per heavy atom. The first-order valence-corrected chi connectivity index (χ1v) is 3.67. The average molecular weight is 179 g/mol. The van der Waals surface area contributed by atoms with Crippen molar-refractivity contribution in [2.45, 2.75) is 31.0 Å². The van der Waals surface area contributed by atoms with Crippen LogP contribution >= 0.6 is 0 Å². The maximum absolute atomic E-state index is 9.22. The summed E-state index contributed by atoms with van der Waals surface area (Å²) < 4.78 is 4.96. The van der Waals surface area contributed by atoms with E-state index in [0.29, 0.717) is 0 Å². The number of hydrogen-bond acceptors (Lipinski definition) is 6. The van der Waals surface area contributed by atoms with Crippen LogP contribution in [0.4, 0.5) is 0 Å². The Balaban J connectivity index is 2.52. The van der Waals surface area contributed by atoms with E-state index < -0.39 is 24.6 Å². The van der Waals surface area contributed by atoms with Gasteiger partial charge in [0, 0.05) is 6.42 Å². The Bertz CT molecular complexity index is 144. The van der Waals surface area contributed by atoms with Crippen LogP contribution in [0.1, 0.15) is 6.42 Å². The molecule has 0 aromatic carbocycles. The van der Waals surface area contributed by atoms with E-state index in [9.17, 15) is 10.2 Å². The van der Waals surface area contributed by atoms with Crippen LogP contribution in [0.3, 0.4) is 0 Å². The summed E-state index contributed by atoms with van der Waals surface area (Å²) in [5.41, 5.74) is 0. The van der Waals surface area contributed by atoms with Gasteiger partial charge in [0.2, 0.25) is 0 Å². The lowest BCUT2D eigenvalue weighted by Crippen LogP contribution is -2.51. The average Bonchev–Trinajstić information content (AvgIpc) is 2.09. The molecule has 0 aromatic heterocycles. The lowest BCUT2D eigenvalue weighted by molar-refractivity contribution is -0.258. The van der Waals surface area contributed by atoms with Crippen LogP contribution in [0.15, 0.2) is 0 Å². The predicted octanol–water partition coefficient (Wildman–Crippen LogP) is -2.29. The minimum atomic E-state index is -1.08. The molecule has 0 amide bonds. The van der Waals surface area contributed by atoms with E-state index in [-0.39, 0.29) is 13.0 Å². The molecule has 1 aliphatic heterocycles. The van der Waals surface area contributed by atoms with Crippen molar-refractivity contribution in [2.24, 2.45) is 5.90 Å². The molecule has 1 saturated heterocycles. The van der Waals surface area contributed by atoms with Crippen LogP contribution in [0.25, 0.3) is 0 Å². The molecule has 1 fully saturated rings. The van der Waals surface area contributed by atoms with E-state index >= 15 is 0 Å². The predicted molar refractivity (Wildman–Crippen MR) is 37.6 cm³/mol. The standard InChI is InChI=1S/C6H13NO5/c7-12-5-1-3(9)6(10)4(2-8)11-5/h3-6,8-10H,1-2,7H2/t3-,4-,5+,6+/m1/s1. The summed E-state index contributed by atoms with van der Waals surface area (Å²) in [5.74, 6) is 4.83. The third kappa shape index (κ3) is 1.92. The highest BCUT2D eigenvalue weighted by molar-refractivity contribution is 4.81. The second-order valence-electron chi connectivity index (χ2n) is 2.72. The second kappa shape index (κ2) is 4.13. The van der Waals surface area contributed by atoms with Crippen molar-refractivity contribution in [2.75, 3.05) is 6.61 Å². The maximum Gasteiger partial charge on any atom is 0.180 e. The largest absolute Gasteiger partial charge is 0.394 e. The monoisotopic (exact) mass is 179 g/mol. The van der Waals surface area contributed by atoms with Crippen LogP contribution in [-0.4, -0.2) is 46.5 Å². The first kappa shape index (κ1) is 9.85. The Kier molecular flexibility index (Phi) is 3.39. The summed E-state index contributed by atoms with van der Waals surface area (Å²) in [4.78, 5) is 4.34. The Morgan fingerprint density at radius 2 is 2.17 bits per heavy atom. The summed E-state index contributed by atoms with van der Waals surface area (Å²) >= 11 is 0. The highest BCUT2D eigenvalue weighted by Gasteiger charge is 2.36. The highest BCUT2D eigenvalue weighted by atomic mass is 16.8. The number of aliphatic hydroxyl groups is 3. The molecule has 12 heavy (non-hydrogen) atoms. The molecular formula is C6H13NO5. The first-order chi connectivity index (χ1) is 5.69. The first-order valence-electron chi connectivity index (χ1n) is 3.67. The number of rotatable bonds is 2. The van der Waals surface area contributed by atoms with Gasteiger partial charge in [-0.15, -0.1) is 0 Å². The fourth-order valence-corrected chi connectivity index (χ4v) is 1.15. The van der Waals surface area contributed by atoms with E-state index in [1.54, 1.807) is 0 Å². The molecule has 1 aliphatic rings. The second-order valence-corrected chi connectivity index (χ2v) is 2.72. The van der Waals surface area contributed by atoms with Gasteiger partial charge in [-0.1, -0.05) is 0 Å². The normalized spacial score (nSPS) is 43.0. The van der Waals surface area contributed by atoms with E-state index in [4.69, 9.17) is 15.7 Å². The van der Waals surface area contributed by atoms with Gasteiger partial charge in [0.25, 0.3) is 0 Å². The molecule has 0 aromatic rings. The Hall–Kier alpha value is -0.240. The Morgan fingerprint density at radius 1 is 1.50 bits per heavy atom. The zero-order valence-corrected chi connectivity index (χ0v) is 6.46. The zero-order chi connectivity index (χ0) is 9.14. The summed E-state index contributed by atoms with van der Waals surface area (Å²) in [6.07, 6.45) is -3.54. The fraction of sp³-hybridized carbons (Fsp3) is 1.00. The third-order valence-electron chi connectivity index (χ3n) is 1.87. The van der Waals surface area contributed by atoms with Crippen molar-refractivity contribution in [3.05, 3.63) is 0 Å². The molecule has 4 atom stereocenters. The molecule has 0 aliphatic carbocycles. The third-order valence-corrected chi connectivity index (χ3v) is 1.87. The molecule has 6 heteroatoms. The van der Waals surface area contributed by atoms with Gasteiger partial charge in [-0.25, -0.2) is 5.90 Å². The van der Waals surface area contributed by atoms with Gasteiger partial charge < -0.3 is 20.1 Å². The number of hydrogen-bond donors (Lipinski definition) is 4. The highest BCUT2D eigenvalue weighted by Crippen LogP contribution is 2.19. The molecule has 1 heterocycles. The van der Waals surface area contributed by atoms with Crippen molar-refractivity contribution < 1.29 is 24.9 Å². The molecule has 72 valence electrons. The molecule has 0 unspecified atom stereocenters. The van der Waals surface area contributed by atoms with Gasteiger partial charge in [0.1, 0.15) is 12.2 Å². The smallest absolute Gasteiger partial charge is 0.180 e. The fourth-order valence-electron chi connectivity index (χ4n) is 1.15. The lowest BCUT2D eigenvalue weighted by Gasteiger charge is -2.34. The van der Waals surface area contributed by atoms with Crippen LogP contribution in [-0.2, 0) is 9.57 Å². The van der Waals surface area contributed by atoms with Crippen LogP contribution in [0, 0.1) is 0 Å². The quantitative estimate of drug-likeness (QED) is 0.355. The summed E-state index contributed by atoms with van der Waals surface area (Å²) in [6.45, 7) is -0.377. The zero-order valence-electron chi connectivity index (χ0n) is 6.46.